The Hall–Kier alpha value is -4.17. The Morgan fingerprint density at radius 1 is 0.407 bits per heavy atom. The second kappa shape index (κ2) is 90.6. The molecule has 1 heterocycles. The molecule has 0 saturated carbocycles. The maximum absolute atomic E-state index is 10.5. The van der Waals surface area contributed by atoms with Crippen LogP contribution < -0.4 is 14.2 Å². The van der Waals surface area contributed by atoms with Gasteiger partial charge in [-0.05, 0) is 153 Å². The zero-order chi connectivity index (χ0) is 90.6. The standard InChI is InChI=1S/C13H20O2.C12H18O3.C11H23NO3.C11H25NO3.C10H21NO4.C10H19NO4.C9H21NO2.C6H14O2.C6H14OS/c1-13(2,3)11-7-5-6-8-12(11)15-10-9-14-4;1-10(2)15-12-7-5-4-6-11(12)14-9-8-13-3;1-11(2)12-3-5-13-7-9-15-10-8-14-6-4-12;1-11(2)15-10-7-12(5-8-13-3)6-9-14-4;1-9(2)15-7-5-11(4-6-14-3)8-10(12)13;1-8(2)15-5-4-11(6-9(3)12)7-10(13)14;1-9(2)12-8-6-10(3)5-7-11-4;1-6(2)8-5-4-7-3;1-6(2)7-4-5-8-3/h5-8H,9-10H2,1-4H3;4-7,10H,8-9H2,1-3H3;11H,3-10H2,1-2H3;11H,5-10H2,1-4H3;9H,4-8H2,1-3H3,(H,12,13);8,12H,3-7H2,1-2H3,(H,13,14);9H,5-8H2,1-4H3;2*6H,4-5H2,1-3H3. The van der Waals surface area contributed by atoms with E-state index in [4.69, 9.17) is 105 Å². The van der Waals surface area contributed by atoms with Gasteiger partial charge in [0.1, 0.15) is 19.0 Å². The van der Waals surface area contributed by atoms with Gasteiger partial charge in [0.2, 0.25) is 0 Å². The highest BCUT2D eigenvalue weighted by molar-refractivity contribution is 7.98. The van der Waals surface area contributed by atoms with Gasteiger partial charge < -0.3 is 110 Å². The van der Waals surface area contributed by atoms with E-state index >= 15 is 0 Å². The number of carboxylic acid groups (broad SMARTS) is 2. The van der Waals surface area contributed by atoms with Crippen LogP contribution in [-0.4, -0.2) is 393 Å². The molecular weight excluding hydrogens is 1540 g/mol. The van der Waals surface area contributed by atoms with Gasteiger partial charge >= 0.3 is 11.9 Å². The number of carbonyl (C=O) groups is 2. The molecule has 3 rings (SSSR count). The quantitative estimate of drug-likeness (QED) is 0.0410. The lowest BCUT2D eigenvalue weighted by molar-refractivity contribution is -0.139. The molecule has 118 heavy (non-hydrogen) atoms. The number of aliphatic hydroxyl groups is 1. The molecule has 1 aliphatic rings. The van der Waals surface area contributed by atoms with Gasteiger partial charge in [-0.15, -0.1) is 0 Å². The highest BCUT2D eigenvalue weighted by Crippen LogP contribution is 2.31. The fourth-order valence-corrected chi connectivity index (χ4v) is 9.31. The number of likely N-dealkylation sites (N-methyl/N-ethyl adjacent to an activating group) is 1. The van der Waals surface area contributed by atoms with Crippen LogP contribution in [0.4, 0.5) is 0 Å². The van der Waals surface area contributed by atoms with Crippen molar-refractivity contribution in [1.82, 2.24) is 24.5 Å². The van der Waals surface area contributed by atoms with Gasteiger partial charge in [0.05, 0.1) is 194 Å². The number of para-hydroxylation sites is 3. The summed E-state index contributed by atoms with van der Waals surface area (Å²) in [6, 6.07) is 16.4. The summed E-state index contributed by atoms with van der Waals surface area (Å²) in [5, 5.41) is 26.3. The summed E-state index contributed by atoms with van der Waals surface area (Å²) in [6.45, 7) is 65.1. The third-order valence-corrected chi connectivity index (χ3v) is 15.7. The van der Waals surface area contributed by atoms with Crippen LogP contribution in [0.15, 0.2) is 60.9 Å². The average molecular weight is 1720 g/mol. The van der Waals surface area contributed by atoms with E-state index in [1.165, 1.54) is 5.56 Å². The zero-order valence-corrected chi connectivity index (χ0v) is 80.1. The molecule has 0 amide bonds. The minimum absolute atomic E-state index is 0.0326. The number of aliphatic hydroxyl groups excluding tert-OH is 1. The number of hydrogen-bond acceptors (Lipinski definition) is 28. The first-order valence-corrected chi connectivity index (χ1v) is 43.2. The van der Waals surface area contributed by atoms with Crippen molar-refractivity contribution in [3.63, 3.8) is 0 Å². The summed E-state index contributed by atoms with van der Waals surface area (Å²) < 4.78 is 99.7. The van der Waals surface area contributed by atoms with E-state index < -0.39 is 11.9 Å². The van der Waals surface area contributed by atoms with Crippen molar-refractivity contribution in [2.45, 2.75) is 186 Å². The number of nitrogens with zero attached hydrogens (tertiary/aromatic N) is 5. The molecule has 702 valence electrons. The first-order chi connectivity index (χ1) is 56.0. The van der Waals surface area contributed by atoms with E-state index in [1.54, 1.807) is 59.6 Å². The molecule has 1 fully saturated rings. The summed E-state index contributed by atoms with van der Waals surface area (Å²) in [7, 11) is 13.8. The molecule has 2 aromatic rings. The summed E-state index contributed by atoms with van der Waals surface area (Å²) in [5.41, 5.74) is 1.35. The molecule has 0 atom stereocenters. The van der Waals surface area contributed by atoms with Crippen molar-refractivity contribution in [3.8, 4) is 17.2 Å². The largest absolute Gasteiger partial charge is 0.512 e. The molecule has 0 radical (unpaired) electrons. The van der Waals surface area contributed by atoms with Gasteiger partial charge in [-0.2, -0.15) is 11.8 Å². The van der Waals surface area contributed by atoms with E-state index in [0.29, 0.717) is 136 Å². The topological polar surface area (TPSA) is 286 Å². The number of methoxy groups -OCH3 is 7. The van der Waals surface area contributed by atoms with Gasteiger partial charge in [-0.1, -0.05) is 57.7 Å². The van der Waals surface area contributed by atoms with E-state index in [2.05, 4.69) is 117 Å². The number of hydrogen-bond donors (Lipinski definition) is 3. The first kappa shape index (κ1) is 125. The number of aliphatic carboxylic acids is 2. The second-order valence-electron chi connectivity index (χ2n) is 30.0. The molecule has 1 saturated heterocycles. The van der Waals surface area contributed by atoms with Gasteiger partial charge in [-0.25, -0.2) is 0 Å². The minimum Gasteiger partial charge on any atom is -0.512 e. The van der Waals surface area contributed by atoms with Crippen LogP contribution in [0.25, 0.3) is 0 Å². The summed E-state index contributed by atoms with van der Waals surface area (Å²) in [5.74, 6) is 1.82. The lowest BCUT2D eigenvalue weighted by Gasteiger charge is -2.26. The maximum Gasteiger partial charge on any atom is 0.317 e. The Bertz CT molecular complexity index is 2370. The van der Waals surface area contributed by atoms with Crippen molar-refractivity contribution >= 4 is 23.7 Å². The van der Waals surface area contributed by atoms with Crippen LogP contribution in [0.5, 0.6) is 17.2 Å². The summed E-state index contributed by atoms with van der Waals surface area (Å²) in [4.78, 5) is 31.3. The average Bonchev–Trinajstić information content (AvgIpc) is 0.836. The van der Waals surface area contributed by atoms with Crippen molar-refractivity contribution < 1.29 is 115 Å². The highest BCUT2D eigenvalue weighted by Gasteiger charge is 2.19. The molecular formula is C88H175N5O24S. The van der Waals surface area contributed by atoms with Crippen LogP contribution in [-0.2, 0) is 90.8 Å². The number of ether oxygens (including phenoxy) is 19. The summed E-state index contributed by atoms with van der Waals surface area (Å²) >= 11 is 1.82. The van der Waals surface area contributed by atoms with E-state index in [9.17, 15) is 9.59 Å². The number of benzene rings is 2. The third kappa shape index (κ3) is 98.9. The Balaban J connectivity index is -0.000000301. The Morgan fingerprint density at radius 3 is 1.12 bits per heavy atom. The van der Waals surface area contributed by atoms with E-state index in [1.807, 2.05) is 110 Å². The fraction of sp³-hybridized carbons (Fsp3) is 0.818. The molecule has 0 bridgehead atoms. The highest BCUT2D eigenvalue weighted by atomic mass is 32.2. The van der Waals surface area contributed by atoms with Crippen LogP contribution in [0.3, 0.4) is 0 Å². The number of rotatable bonds is 53. The molecule has 0 unspecified atom stereocenters. The first-order valence-electron chi connectivity index (χ1n) is 41.8. The molecule has 0 aliphatic carbocycles. The molecule has 0 spiro atoms. The Kier molecular flexibility index (Phi) is 95.6. The molecule has 29 nitrogen and oxygen atoms in total. The van der Waals surface area contributed by atoms with Crippen LogP contribution in [0, 0.1) is 0 Å². The monoisotopic (exact) mass is 1720 g/mol. The molecule has 3 N–H and O–H groups in total. The lowest BCUT2D eigenvalue weighted by atomic mass is 9.86. The van der Waals surface area contributed by atoms with Crippen molar-refractivity contribution in [2.75, 3.05) is 293 Å². The van der Waals surface area contributed by atoms with Crippen LogP contribution >= 0.6 is 11.8 Å². The van der Waals surface area contributed by atoms with Crippen LogP contribution in [0.1, 0.15) is 137 Å². The zero-order valence-electron chi connectivity index (χ0n) is 79.3. The normalized spacial score (nSPS) is 12.6. The smallest absolute Gasteiger partial charge is 0.317 e. The predicted octanol–water partition coefficient (Wildman–Crippen LogP) is 12.4. The molecule has 1 aliphatic heterocycles. The van der Waals surface area contributed by atoms with Crippen molar-refractivity contribution in [1.29, 1.82) is 0 Å². The van der Waals surface area contributed by atoms with Gasteiger partial charge in [0.15, 0.2) is 11.5 Å². The van der Waals surface area contributed by atoms with E-state index in [0.717, 1.165) is 122 Å². The van der Waals surface area contributed by atoms with Crippen molar-refractivity contribution in [2.24, 2.45) is 0 Å². The van der Waals surface area contributed by atoms with E-state index in [-0.39, 0.29) is 49.1 Å². The SMILES string of the molecule is C=C(O)CN(CCOC(C)C)CC(=O)O.CC(C)N1CCOCCOCCOCC1.COCCN(C)CCOC(C)C.COCCN(CCOC(C)C)CC(=O)O.COCCN(CCOC)CCOC(C)C.COCCOC(C)C.COCCOc1ccccc1C(C)(C)C.COCCOc1ccccc1OC(C)C.CSCCOC(C)C. The molecule has 30 heteroatoms. The van der Waals surface area contributed by atoms with Gasteiger partial charge in [0.25, 0.3) is 0 Å². The van der Waals surface area contributed by atoms with Crippen molar-refractivity contribution in [3.05, 3.63) is 66.4 Å². The number of thioether (sulfide) groups is 1. The van der Waals surface area contributed by atoms with Gasteiger partial charge in [0, 0.05) is 127 Å². The Morgan fingerprint density at radius 2 is 0.729 bits per heavy atom. The maximum atomic E-state index is 10.5. The minimum atomic E-state index is -0.930. The lowest BCUT2D eigenvalue weighted by Crippen LogP contribution is -2.37. The number of carboxylic acids is 2. The van der Waals surface area contributed by atoms with Gasteiger partial charge in [-0.3, -0.25) is 29.2 Å². The summed E-state index contributed by atoms with van der Waals surface area (Å²) in [6.07, 6.45) is 3.89. The van der Waals surface area contributed by atoms with Crippen LogP contribution in [0.2, 0.25) is 0 Å². The molecule has 0 aromatic heterocycles. The predicted molar refractivity (Wildman–Crippen MR) is 479 cm³/mol. The second-order valence-corrected chi connectivity index (χ2v) is 31.0. The third-order valence-electron chi connectivity index (χ3n) is 15.1. The fourth-order valence-electron chi connectivity index (χ4n) is 9.05. The Labute approximate surface area is 721 Å². The molecule has 2 aromatic carbocycles.